The highest BCUT2D eigenvalue weighted by molar-refractivity contribution is 6.31. The number of aryl methyl sites for hydroxylation is 2. The number of aromatic nitrogens is 4. The Morgan fingerprint density at radius 2 is 2.15 bits per heavy atom. The second kappa shape index (κ2) is 6.68. The monoisotopic (exact) mass is 369 g/mol. The van der Waals surface area contributed by atoms with Gasteiger partial charge in [-0.15, -0.1) is 0 Å². The van der Waals surface area contributed by atoms with Gasteiger partial charge in [-0.3, -0.25) is 9.78 Å². The average molecular weight is 370 g/mol. The van der Waals surface area contributed by atoms with Gasteiger partial charge in [0.1, 0.15) is 11.5 Å². The molecule has 4 rings (SSSR count). The molecule has 134 valence electrons. The summed E-state index contributed by atoms with van der Waals surface area (Å²) in [5.41, 5.74) is 2.93. The van der Waals surface area contributed by atoms with Crippen LogP contribution in [0.1, 0.15) is 47.3 Å². The van der Waals surface area contributed by atoms with Gasteiger partial charge in [-0.05, 0) is 37.5 Å². The second-order valence-electron chi connectivity index (χ2n) is 6.91. The van der Waals surface area contributed by atoms with E-state index in [0.717, 1.165) is 29.0 Å². The summed E-state index contributed by atoms with van der Waals surface area (Å²) < 4.78 is 2.03. The summed E-state index contributed by atoms with van der Waals surface area (Å²) in [7, 11) is 1.97. The fourth-order valence-corrected chi connectivity index (χ4v) is 3.33. The number of hydrogen-bond donors (Lipinski definition) is 1. The van der Waals surface area contributed by atoms with E-state index in [4.69, 9.17) is 16.6 Å². The predicted octanol–water partition coefficient (Wildman–Crippen LogP) is 3.60. The summed E-state index contributed by atoms with van der Waals surface area (Å²) in [5.74, 6) is 1.24. The van der Waals surface area contributed by atoms with Crippen molar-refractivity contribution >= 4 is 28.5 Å². The average Bonchev–Trinajstić information content (AvgIpc) is 3.37. The molecule has 1 atom stereocenters. The minimum absolute atomic E-state index is 0.172. The zero-order valence-electron chi connectivity index (χ0n) is 14.7. The van der Waals surface area contributed by atoms with Crippen LogP contribution in [-0.2, 0) is 7.05 Å². The summed E-state index contributed by atoms with van der Waals surface area (Å²) in [6.07, 6.45) is 6.38. The van der Waals surface area contributed by atoms with E-state index in [-0.39, 0.29) is 11.9 Å². The highest BCUT2D eigenvalue weighted by Crippen LogP contribution is 2.38. The Bertz CT molecular complexity index is 962. The van der Waals surface area contributed by atoms with Gasteiger partial charge in [0.2, 0.25) is 0 Å². The molecule has 2 heterocycles. The molecule has 6 nitrogen and oxygen atoms in total. The van der Waals surface area contributed by atoms with E-state index in [0.29, 0.717) is 16.6 Å². The molecule has 1 amide bonds. The van der Waals surface area contributed by atoms with E-state index in [1.54, 1.807) is 6.20 Å². The zero-order valence-corrected chi connectivity index (χ0v) is 15.5. The lowest BCUT2D eigenvalue weighted by Gasteiger charge is -2.18. The number of amides is 1. The van der Waals surface area contributed by atoms with Crippen LogP contribution in [0.15, 0.2) is 30.6 Å². The highest BCUT2D eigenvalue weighted by atomic mass is 35.5. The number of carbonyl (C=O) groups excluding carboxylic acids is 1. The lowest BCUT2D eigenvalue weighted by Crippen LogP contribution is -2.31. The van der Waals surface area contributed by atoms with Crippen molar-refractivity contribution in [3.63, 3.8) is 0 Å². The standard InChI is InChI=1S/C19H20ClN5O/c1-11-9-22-16(10-21-11)19(26)24-15(7-12-3-4-12)18-23-14-8-13(20)5-6-17(14)25(18)2/h5-6,8-10,12,15H,3-4,7H2,1-2H3,(H,24,26)/t15-/m0/s1. The van der Waals surface area contributed by atoms with Gasteiger partial charge in [0.05, 0.1) is 29.0 Å². The normalized spacial score (nSPS) is 15.2. The molecule has 0 bridgehead atoms. The summed E-state index contributed by atoms with van der Waals surface area (Å²) in [5, 5.41) is 3.75. The molecular formula is C19H20ClN5O. The van der Waals surface area contributed by atoms with Crippen LogP contribution < -0.4 is 5.32 Å². The third kappa shape index (κ3) is 3.42. The van der Waals surface area contributed by atoms with Crippen LogP contribution in [0.25, 0.3) is 11.0 Å². The maximum Gasteiger partial charge on any atom is 0.272 e. The van der Waals surface area contributed by atoms with Crippen molar-refractivity contribution in [1.29, 1.82) is 0 Å². The van der Waals surface area contributed by atoms with Crippen LogP contribution >= 0.6 is 11.6 Å². The number of rotatable bonds is 5. The number of hydrogen-bond acceptors (Lipinski definition) is 4. The first-order chi connectivity index (χ1) is 12.5. The molecule has 26 heavy (non-hydrogen) atoms. The van der Waals surface area contributed by atoms with Crippen molar-refractivity contribution in [2.75, 3.05) is 0 Å². The lowest BCUT2D eigenvalue weighted by molar-refractivity contribution is 0.0925. The first-order valence-corrected chi connectivity index (χ1v) is 9.10. The molecule has 0 spiro atoms. The molecule has 1 N–H and O–H groups in total. The Morgan fingerprint density at radius 3 is 2.85 bits per heavy atom. The van der Waals surface area contributed by atoms with E-state index >= 15 is 0 Å². The molecule has 0 aliphatic heterocycles. The van der Waals surface area contributed by atoms with E-state index < -0.39 is 0 Å². The minimum atomic E-state index is -0.228. The highest BCUT2D eigenvalue weighted by Gasteiger charge is 2.30. The summed E-state index contributed by atoms with van der Waals surface area (Å²) in [6.45, 7) is 1.84. The second-order valence-corrected chi connectivity index (χ2v) is 7.35. The maximum atomic E-state index is 12.7. The Labute approximate surface area is 156 Å². The first-order valence-electron chi connectivity index (χ1n) is 8.72. The molecule has 1 aromatic carbocycles. The van der Waals surface area contributed by atoms with Crippen LogP contribution in [0, 0.1) is 12.8 Å². The number of halogens is 1. The third-order valence-corrected chi connectivity index (χ3v) is 5.01. The van der Waals surface area contributed by atoms with Crippen LogP contribution in [0.5, 0.6) is 0 Å². The molecule has 1 aliphatic carbocycles. The zero-order chi connectivity index (χ0) is 18.3. The third-order valence-electron chi connectivity index (χ3n) is 4.77. The van der Waals surface area contributed by atoms with Crippen LogP contribution in [0.3, 0.4) is 0 Å². The van der Waals surface area contributed by atoms with Gasteiger partial charge in [0.15, 0.2) is 0 Å². The van der Waals surface area contributed by atoms with E-state index in [9.17, 15) is 4.79 Å². The Balaban J connectivity index is 1.65. The quantitative estimate of drug-likeness (QED) is 0.745. The number of fused-ring (bicyclic) bond motifs is 1. The van der Waals surface area contributed by atoms with Crippen LogP contribution in [0.4, 0.5) is 0 Å². The molecule has 3 aromatic rings. The first kappa shape index (κ1) is 17.0. The number of nitrogens with zero attached hydrogens (tertiary/aromatic N) is 4. The van der Waals surface area contributed by atoms with Crippen molar-refractivity contribution in [3.8, 4) is 0 Å². The summed E-state index contributed by atoms with van der Waals surface area (Å²) in [6, 6.07) is 5.48. The number of imidazole rings is 1. The van der Waals surface area contributed by atoms with E-state index in [2.05, 4.69) is 15.3 Å². The minimum Gasteiger partial charge on any atom is -0.341 e. The summed E-state index contributed by atoms with van der Waals surface area (Å²) in [4.78, 5) is 25.7. The molecular weight excluding hydrogens is 350 g/mol. The molecule has 2 aromatic heterocycles. The Kier molecular flexibility index (Phi) is 4.36. The topological polar surface area (TPSA) is 72.7 Å². The fraction of sp³-hybridized carbons (Fsp3) is 0.368. The smallest absolute Gasteiger partial charge is 0.272 e. The maximum absolute atomic E-state index is 12.7. The van der Waals surface area contributed by atoms with Gasteiger partial charge in [-0.1, -0.05) is 24.4 Å². The van der Waals surface area contributed by atoms with Gasteiger partial charge < -0.3 is 9.88 Å². The molecule has 0 radical (unpaired) electrons. The van der Waals surface area contributed by atoms with Gasteiger partial charge in [-0.25, -0.2) is 9.97 Å². The number of benzene rings is 1. The molecule has 1 saturated carbocycles. The molecule has 1 fully saturated rings. The lowest BCUT2D eigenvalue weighted by atomic mass is 10.1. The van der Waals surface area contributed by atoms with Crippen molar-refractivity contribution in [1.82, 2.24) is 24.8 Å². The van der Waals surface area contributed by atoms with E-state index in [1.807, 2.05) is 36.7 Å². The molecule has 0 saturated heterocycles. The Hall–Kier alpha value is -2.47. The summed E-state index contributed by atoms with van der Waals surface area (Å²) >= 11 is 6.10. The predicted molar refractivity (Wildman–Crippen MR) is 100 cm³/mol. The number of carbonyl (C=O) groups is 1. The SMILES string of the molecule is Cc1cnc(C(=O)N[C@@H](CC2CC2)c2nc3cc(Cl)ccc3n2C)cn1. The van der Waals surface area contributed by atoms with Gasteiger partial charge in [0.25, 0.3) is 5.91 Å². The molecule has 0 unspecified atom stereocenters. The van der Waals surface area contributed by atoms with Gasteiger partial charge in [0, 0.05) is 18.3 Å². The van der Waals surface area contributed by atoms with Crippen molar-refractivity contribution < 1.29 is 4.79 Å². The van der Waals surface area contributed by atoms with Crippen LogP contribution in [-0.4, -0.2) is 25.4 Å². The Morgan fingerprint density at radius 1 is 1.35 bits per heavy atom. The fourth-order valence-electron chi connectivity index (χ4n) is 3.16. The van der Waals surface area contributed by atoms with Crippen molar-refractivity contribution in [2.45, 2.75) is 32.2 Å². The largest absolute Gasteiger partial charge is 0.341 e. The molecule has 7 heteroatoms. The van der Waals surface area contributed by atoms with Crippen molar-refractivity contribution in [3.05, 3.63) is 52.8 Å². The van der Waals surface area contributed by atoms with Crippen LogP contribution in [0.2, 0.25) is 5.02 Å². The van der Waals surface area contributed by atoms with Gasteiger partial charge >= 0.3 is 0 Å². The molecule has 1 aliphatic rings. The van der Waals surface area contributed by atoms with Crippen molar-refractivity contribution in [2.24, 2.45) is 13.0 Å². The van der Waals surface area contributed by atoms with E-state index in [1.165, 1.54) is 19.0 Å². The van der Waals surface area contributed by atoms with Gasteiger partial charge in [-0.2, -0.15) is 0 Å². The number of nitrogens with one attached hydrogen (secondary N) is 1.